The Labute approximate surface area is 110 Å². The zero-order valence-electron chi connectivity index (χ0n) is 11.9. The third-order valence-electron chi connectivity index (χ3n) is 4.51. The van der Waals surface area contributed by atoms with Gasteiger partial charge in [0.05, 0.1) is 17.8 Å². The SMILES string of the molecule is C/C1=C\[C@H](O)C[C@]2(C)O[C@@H]2[C@H](O)[C@H](C(C)C)CC1. The van der Waals surface area contributed by atoms with Crippen molar-refractivity contribution in [1.82, 2.24) is 0 Å². The van der Waals surface area contributed by atoms with Crippen LogP contribution in [0.1, 0.15) is 47.0 Å². The highest BCUT2D eigenvalue weighted by atomic mass is 16.6. The molecule has 5 atom stereocenters. The molecule has 1 heterocycles. The van der Waals surface area contributed by atoms with Gasteiger partial charge in [0.1, 0.15) is 6.10 Å². The Balaban J connectivity index is 2.19. The molecule has 3 heteroatoms. The Morgan fingerprint density at radius 2 is 2.06 bits per heavy atom. The highest BCUT2D eigenvalue weighted by molar-refractivity contribution is 5.12. The van der Waals surface area contributed by atoms with E-state index >= 15 is 0 Å². The first-order chi connectivity index (χ1) is 8.33. The Morgan fingerprint density at radius 3 is 2.67 bits per heavy atom. The van der Waals surface area contributed by atoms with Gasteiger partial charge in [-0.2, -0.15) is 0 Å². The minimum absolute atomic E-state index is 0.105. The third-order valence-corrected chi connectivity index (χ3v) is 4.51. The summed E-state index contributed by atoms with van der Waals surface area (Å²) in [6.07, 6.45) is 3.46. The molecule has 0 aromatic rings. The molecular formula is C15H26O3. The maximum Gasteiger partial charge on any atom is 0.113 e. The Hall–Kier alpha value is -0.380. The lowest BCUT2D eigenvalue weighted by Crippen LogP contribution is -2.35. The van der Waals surface area contributed by atoms with Crippen molar-refractivity contribution in [2.45, 2.75) is 70.9 Å². The summed E-state index contributed by atoms with van der Waals surface area (Å²) in [6, 6.07) is 0. The molecule has 2 N–H and O–H groups in total. The normalized spacial score (nSPS) is 48.3. The van der Waals surface area contributed by atoms with Gasteiger partial charge in [0.15, 0.2) is 0 Å². The Morgan fingerprint density at radius 1 is 1.39 bits per heavy atom. The van der Waals surface area contributed by atoms with Crippen LogP contribution in [0, 0.1) is 11.8 Å². The molecule has 0 aromatic heterocycles. The number of ether oxygens (including phenoxy) is 1. The molecule has 0 spiro atoms. The van der Waals surface area contributed by atoms with Gasteiger partial charge >= 0.3 is 0 Å². The van der Waals surface area contributed by atoms with E-state index in [4.69, 9.17) is 4.74 Å². The number of aliphatic hydroxyl groups excluding tert-OH is 2. The summed E-state index contributed by atoms with van der Waals surface area (Å²) in [6.45, 7) is 8.37. The fourth-order valence-electron chi connectivity index (χ4n) is 3.25. The lowest BCUT2D eigenvalue weighted by atomic mass is 9.80. The maximum atomic E-state index is 10.5. The van der Waals surface area contributed by atoms with Gasteiger partial charge in [-0.1, -0.05) is 25.5 Å². The number of rotatable bonds is 1. The zero-order valence-corrected chi connectivity index (χ0v) is 11.9. The monoisotopic (exact) mass is 254 g/mol. The van der Waals surface area contributed by atoms with Crippen molar-refractivity contribution in [2.75, 3.05) is 0 Å². The summed E-state index contributed by atoms with van der Waals surface area (Å²) < 4.78 is 5.70. The van der Waals surface area contributed by atoms with Crippen LogP contribution < -0.4 is 0 Å². The topological polar surface area (TPSA) is 53.0 Å². The average Bonchev–Trinajstić information content (AvgIpc) is 2.88. The lowest BCUT2D eigenvalue weighted by Gasteiger charge is -2.27. The average molecular weight is 254 g/mol. The van der Waals surface area contributed by atoms with Crippen LogP contribution in [0.25, 0.3) is 0 Å². The molecule has 0 radical (unpaired) electrons. The van der Waals surface area contributed by atoms with Crippen molar-refractivity contribution < 1.29 is 14.9 Å². The minimum atomic E-state index is -0.456. The van der Waals surface area contributed by atoms with E-state index in [9.17, 15) is 10.2 Å². The second-order valence-electron chi connectivity index (χ2n) is 6.57. The molecule has 2 aliphatic rings. The molecule has 0 unspecified atom stereocenters. The van der Waals surface area contributed by atoms with Crippen molar-refractivity contribution in [3.8, 4) is 0 Å². The molecule has 1 saturated heterocycles. The van der Waals surface area contributed by atoms with Crippen molar-refractivity contribution in [1.29, 1.82) is 0 Å². The van der Waals surface area contributed by atoms with Gasteiger partial charge in [-0.05, 0) is 38.5 Å². The number of epoxide rings is 1. The van der Waals surface area contributed by atoms with Crippen LogP contribution >= 0.6 is 0 Å². The molecule has 0 bridgehead atoms. The molecule has 2 rings (SSSR count). The van der Waals surface area contributed by atoms with E-state index in [-0.39, 0.29) is 17.6 Å². The standard InChI is InChI=1S/C15H26O3/c1-9(2)12-6-5-10(3)7-11(16)8-15(4)14(18-15)13(12)17/h7,9,11-14,16-17H,5-6,8H2,1-4H3/b10-7+/t11-,12-,13+,14+,15-/m0/s1. The number of fused-ring (bicyclic) bond motifs is 1. The molecule has 1 fully saturated rings. The number of allylic oxidation sites excluding steroid dienone is 1. The fourth-order valence-corrected chi connectivity index (χ4v) is 3.25. The smallest absolute Gasteiger partial charge is 0.113 e. The summed E-state index contributed by atoms with van der Waals surface area (Å²) in [5.41, 5.74) is 0.864. The zero-order chi connectivity index (χ0) is 13.5. The molecule has 1 aliphatic carbocycles. The molecule has 0 saturated carbocycles. The van der Waals surface area contributed by atoms with E-state index in [0.717, 1.165) is 12.8 Å². The Kier molecular flexibility index (Phi) is 3.86. The maximum absolute atomic E-state index is 10.5. The lowest BCUT2D eigenvalue weighted by molar-refractivity contribution is 0.0504. The van der Waals surface area contributed by atoms with Crippen LogP contribution in [0.2, 0.25) is 0 Å². The van der Waals surface area contributed by atoms with Crippen LogP contribution in [-0.2, 0) is 4.74 Å². The van der Waals surface area contributed by atoms with Gasteiger partial charge in [-0.3, -0.25) is 0 Å². The van der Waals surface area contributed by atoms with Crippen molar-refractivity contribution in [3.05, 3.63) is 11.6 Å². The van der Waals surface area contributed by atoms with Gasteiger partial charge < -0.3 is 14.9 Å². The van der Waals surface area contributed by atoms with Crippen LogP contribution in [0.3, 0.4) is 0 Å². The third kappa shape index (κ3) is 2.79. The van der Waals surface area contributed by atoms with Crippen LogP contribution in [-0.4, -0.2) is 34.1 Å². The van der Waals surface area contributed by atoms with Crippen molar-refractivity contribution in [3.63, 3.8) is 0 Å². The first-order valence-electron chi connectivity index (χ1n) is 7.05. The summed E-state index contributed by atoms with van der Waals surface area (Å²) in [7, 11) is 0. The molecular weight excluding hydrogens is 228 g/mol. The first-order valence-corrected chi connectivity index (χ1v) is 7.05. The molecule has 0 aromatic carbocycles. The van der Waals surface area contributed by atoms with E-state index in [0.29, 0.717) is 12.3 Å². The van der Waals surface area contributed by atoms with Gasteiger partial charge in [0.25, 0.3) is 0 Å². The van der Waals surface area contributed by atoms with Crippen LogP contribution in [0.15, 0.2) is 11.6 Å². The molecule has 3 nitrogen and oxygen atoms in total. The van der Waals surface area contributed by atoms with E-state index in [1.54, 1.807) is 0 Å². The highest BCUT2D eigenvalue weighted by Crippen LogP contribution is 2.46. The quantitative estimate of drug-likeness (QED) is 0.557. The summed E-state index contributed by atoms with van der Waals surface area (Å²) >= 11 is 0. The van der Waals surface area contributed by atoms with Crippen molar-refractivity contribution >= 4 is 0 Å². The number of aliphatic hydroxyl groups is 2. The summed E-state index contributed by atoms with van der Waals surface area (Å²) in [4.78, 5) is 0. The van der Waals surface area contributed by atoms with Crippen LogP contribution in [0.4, 0.5) is 0 Å². The summed E-state index contributed by atoms with van der Waals surface area (Å²) in [5, 5.41) is 20.5. The van der Waals surface area contributed by atoms with E-state index in [1.807, 2.05) is 13.0 Å². The first kappa shape index (κ1) is 14.0. The number of hydrogen-bond acceptors (Lipinski definition) is 3. The second-order valence-corrected chi connectivity index (χ2v) is 6.57. The second kappa shape index (κ2) is 4.95. The molecule has 1 aliphatic heterocycles. The van der Waals surface area contributed by atoms with Gasteiger partial charge in [0, 0.05) is 6.42 Å². The van der Waals surface area contributed by atoms with Gasteiger partial charge in [-0.15, -0.1) is 0 Å². The minimum Gasteiger partial charge on any atom is -0.390 e. The van der Waals surface area contributed by atoms with Crippen LogP contribution in [0.5, 0.6) is 0 Å². The summed E-state index contributed by atoms with van der Waals surface area (Å²) in [5.74, 6) is 0.723. The Bertz CT molecular complexity index is 337. The number of hydrogen-bond donors (Lipinski definition) is 2. The highest BCUT2D eigenvalue weighted by Gasteiger charge is 2.58. The van der Waals surface area contributed by atoms with Gasteiger partial charge in [0.2, 0.25) is 0 Å². The van der Waals surface area contributed by atoms with Gasteiger partial charge in [-0.25, -0.2) is 0 Å². The predicted molar refractivity (Wildman–Crippen MR) is 71.2 cm³/mol. The van der Waals surface area contributed by atoms with E-state index in [1.165, 1.54) is 5.57 Å². The predicted octanol–water partition coefficient (Wildman–Crippen LogP) is 2.27. The largest absolute Gasteiger partial charge is 0.390 e. The molecule has 18 heavy (non-hydrogen) atoms. The molecule has 0 amide bonds. The molecule has 104 valence electrons. The van der Waals surface area contributed by atoms with Crippen molar-refractivity contribution in [2.24, 2.45) is 11.8 Å². The fraction of sp³-hybridized carbons (Fsp3) is 0.867. The van der Waals surface area contributed by atoms with E-state index < -0.39 is 12.2 Å². The van der Waals surface area contributed by atoms with E-state index in [2.05, 4.69) is 20.8 Å².